The number of carbonyl (C=O) groups excluding carboxylic acids is 1. The van der Waals surface area contributed by atoms with Gasteiger partial charge in [-0.2, -0.15) is 0 Å². The van der Waals surface area contributed by atoms with E-state index in [9.17, 15) is 9.18 Å². The van der Waals surface area contributed by atoms with E-state index >= 15 is 0 Å². The summed E-state index contributed by atoms with van der Waals surface area (Å²) in [5.74, 6) is 0.00558. The van der Waals surface area contributed by atoms with Crippen LogP contribution in [0.25, 0.3) is 0 Å². The zero-order valence-electron chi connectivity index (χ0n) is 11.4. The van der Waals surface area contributed by atoms with E-state index in [0.717, 1.165) is 11.1 Å². The van der Waals surface area contributed by atoms with Crippen molar-refractivity contribution in [1.29, 1.82) is 0 Å². The van der Waals surface area contributed by atoms with Crippen LogP contribution >= 0.6 is 0 Å². The van der Waals surface area contributed by atoms with E-state index in [2.05, 4.69) is 0 Å². The van der Waals surface area contributed by atoms with Gasteiger partial charge in [0.2, 0.25) is 0 Å². The van der Waals surface area contributed by atoms with E-state index < -0.39 is 5.97 Å². The Labute approximate surface area is 117 Å². The molecule has 0 aromatic heterocycles. The van der Waals surface area contributed by atoms with Crippen molar-refractivity contribution in [1.82, 2.24) is 0 Å². The van der Waals surface area contributed by atoms with E-state index in [0.29, 0.717) is 11.5 Å². The summed E-state index contributed by atoms with van der Waals surface area (Å²) in [6.45, 7) is 3.72. The Bertz CT molecular complexity index is 585. The van der Waals surface area contributed by atoms with E-state index in [1.54, 1.807) is 0 Å². The minimum absolute atomic E-state index is 0.194. The number of esters is 1. The summed E-state index contributed by atoms with van der Waals surface area (Å²) in [6, 6.07) is 11.0. The molecular formula is C16H15FO3. The third-order valence-electron chi connectivity index (χ3n) is 2.60. The van der Waals surface area contributed by atoms with Gasteiger partial charge < -0.3 is 9.47 Å². The molecule has 2 aromatic carbocycles. The van der Waals surface area contributed by atoms with E-state index in [-0.39, 0.29) is 12.4 Å². The van der Waals surface area contributed by atoms with Crippen LogP contribution in [-0.4, -0.2) is 12.6 Å². The van der Waals surface area contributed by atoms with Gasteiger partial charge in [0.15, 0.2) is 6.61 Å². The molecule has 0 saturated heterocycles. The lowest BCUT2D eigenvalue weighted by Gasteiger charge is -2.08. The van der Waals surface area contributed by atoms with E-state index in [1.807, 2.05) is 32.0 Å². The zero-order chi connectivity index (χ0) is 14.5. The number of benzene rings is 2. The fourth-order valence-electron chi connectivity index (χ4n) is 1.82. The van der Waals surface area contributed by atoms with Gasteiger partial charge in [0.1, 0.15) is 17.3 Å². The Morgan fingerprint density at radius 3 is 2.20 bits per heavy atom. The van der Waals surface area contributed by atoms with Gasteiger partial charge in [-0.3, -0.25) is 0 Å². The van der Waals surface area contributed by atoms with Crippen molar-refractivity contribution in [2.24, 2.45) is 0 Å². The third-order valence-corrected chi connectivity index (χ3v) is 2.60. The predicted octanol–water partition coefficient (Wildman–Crippen LogP) is 3.43. The number of hydrogen-bond donors (Lipinski definition) is 0. The van der Waals surface area contributed by atoms with Crippen LogP contribution in [0.15, 0.2) is 42.5 Å². The Morgan fingerprint density at radius 1 is 1.00 bits per heavy atom. The first-order chi connectivity index (χ1) is 9.52. The first kappa shape index (κ1) is 14.1. The normalized spacial score (nSPS) is 10.2. The topological polar surface area (TPSA) is 35.5 Å². The molecule has 0 saturated carbocycles. The predicted molar refractivity (Wildman–Crippen MR) is 73.4 cm³/mol. The summed E-state index contributed by atoms with van der Waals surface area (Å²) in [5.41, 5.74) is 2.12. The minimum Gasteiger partial charge on any atom is -0.482 e. The molecule has 0 amide bonds. The van der Waals surface area contributed by atoms with Gasteiger partial charge >= 0.3 is 5.97 Å². The van der Waals surface area contributed by atoms with Gasteiger partial charge in [-0.05, 0) is 61.4 Å². The van der Waals surface area contributed by atoms with Crippen molar-refractivity contribution < 1.29 is 18.7 Å². The largest absolute Gasteiger partial charge is 0.482 e. The van der Waals surface area contributed by atoms with Crippen molar-refractivity contribution >= 4 is 5.97 Å². The van der Waals surface area contributed by atoms with Gasteiger partial charge in [-0.25, -0.2) is 9.18 Å². The highest BCUT2D eigenvalue weighted by molar-refractivity contribution is 5.73. The van der Waals surface area contributed by atoms with Crippen LogP contribution in [0.1, 0.15) is 11.1 Å². The second kappa shape index (κ2) is 6.19. The lowest BCUT2D eigenvalue weighted by atomic mass is 10.1. The molecule has 20 heavy (non-hydrogen) atoms. The summed E-state index contributed by atoms with van der Waals surface area (Å²) in [7, 11) is 0. The van der Waals surface area contributed by atoms with Crippen molar-refractivity contribution in [2.45, 2.75) is 13.8 Å². The van der Waals surface area contributed by atoms with Gasteiger partial charge in [0.25, 0.3) is 0 Å². The van der Waals surface area contributed by atoms with Gasteiger partial charge in [0.05, 0.1) is 0 Å². The molecule has 0 atom stereocenters. The molecule has 2 rings (SSSR count). The molecule has 0 aliphatic heterocycles. The molecule has 0 N–H and O–H groups in total. The van der Waals surface area contributed by atoms with E-state index in [1.165, 1.54) is 24.3 Å². The van der Waals surface area contributed by atoms with Crippen molar-refractivity contribution in [3.63, 3.8) is 0 Å². The minimum atomic E-state index is -0.532. The van der Waals surface area contributed by atoms with Crippen molar-refractivity contribution in [3.05, 3.63) is 59.4 Å². The summed E-state index contributed by atoms with van der Waals surface area (Å²) >= 11 is 0. The van der Waals surface area contributed by atoms with Gasteiger partial charge in [0, 0.05) is 0 Å². The Balaban J connectivity index is 1.90. The number of aryl methyl sites for hydroxylation is 2. The Morgan fingerprint density at radius 2 is 1.60 bits per heavy atom. The lowest BCUT2D eigenvalue weighted by Crippen LogP contribution is -2.17. The Kier molecular flexibility index (Phi) is 4.35. The summed E-state index contributed by atoms with van der Waals surface area (Å²) < 4.78 is 23.1. The molecule has 0 spiro atoms. The van der Waals surface area contributed by atoms with Crippen LogP contribution < -0.4 is 9.47 Å². The third kappa shape index (κ3) is 4.09. The van der Waals surface area contributed by atoms with Crippen LogP contribution in [-0.2, 0) is 4.79 Å². The standard InChI is InChI=1S/C16H15FO3/c1-11-7-12(2)9-15(8-11)19-10-16(18)20-14-5-3-13(17)4-6-14/h3-9H,10H2,1-2H3. The molecule has 2 aromatic rings. The van der Waals surface area contributed by atoms with Crippen LogP contribution in [0.4, 0.5) is 4.39 Å². The molecule has 0 unspecified atom stereocenters. The molecule has 104 valence electrons. The molecule has 0 heterocycles. The lowest BCUT2D eigenvalue weighted by molar-refractivity contribution is -0.136. The molecule has 0 aliphatic carbocycles. The smallest absolute Gasteiger partial charge is 0.349 e. The molecule has 0 bridgehead atoms. The van der Waals surface area contributed by atoms with Gasteiger partial charge in [-0.1, -0.05) is 6.07 Å². The zero-order valence-corrected chi connectivity index (χ0v) is 11.4. The number of hydrogen-bond acceptors (Lipinski definition) is 3. The summed E-state index contributed by atoms with van der Waals surface area (Å²) in [4.78, 5) is 11.6. The number of ether oxygens (including phenoxy) is 2. The maximum Gasteiger partial charge on any atom is 0.349 e. The first-order valence-electron chi connectivity index (χ1n) is 6.20. The van der Waals surface area contributed by atoms with Crippen molar-refractivity contribution in [2.75, 3.05) is 6.61 Å². The SMILES string of the molecule is Cc1cc(C)cc(OCC(=O)Oc2ccc(F)cc2)c1. The molecular weight excluding hydrogens is 259 g/mol. The number of rotatable bonds is 4. The molecule has 0 radical (unpaired) electrons. The second-order valence-electron chi connectivity index (χ2n) is 4.54. The maximum atomic E-state index is 12.7. The summed E-state index contributed by atoms with van der Waals surface area (Å²) in [6.07, 6.45) is 0. The quantitative estimate of drug-likeness (QED) is 0.633. The highest BCUT2D eigenvalue weighted by Crippen LogP contribution is 2.16. The molecule has 3 nitrogen and oxygen atoms in total. The van der Waals surface area contributed by atoms with Gasteiger partial charge in [-0.15, -0.1) is 0 Å². The fourth-order valence-corrected chi connectivity index (χ4v) is 1.82. The average Bonchev–Trinajstić information content (AvgIpc) is 2.38. The molecule has 0 aliphatic rings. The fraction of sp³-hybridized carbons (Fsp3) is 0.188. The summed E-state index contributed by atoms with van der Waals surface area (Å²) in [5, 5.41) is 0. The van der Waals surface area contributed by atoms with E-state index in [4.69, 9.17) is 9.47 Å². The number of carbonyl (C=O) groups is 1. The first-order valence-corrected chi connectivity index (χ1v) is 6.20. The maximum absolute atomic E-state index is 12.7. The highest BCUT2D eigenvalue weighted by Gasteiger charge is 2.07. The average molecular weight is 274 g/mol. The number of halogens is 1. The molecule has 4 heteroatoms. The highest BCUT2D eigenvalue weighted by atomic mass is 19.1. The molecule has 0 fully saturated rings. The van der Waals surface area contributed by atoms with Crippen LogP contribution in [0.5, 0.6) is 11.5 Å². The Hall–Kier alpha value is -2.36. The van der Waals surface area contributed by atoms with Crippen LogP contribution in [0.3, 0.4) is 0 Å². The second-order valence-corrected chi connectivity index (χ2v) is 4.54. The van der Waals surface area contributed by atoms with Crippen LogP contribution in [0.2, 0.25) is 0 Å². The van der Waals surface area contributed by atoms with Crippen molar-refractivity contribution in [3.8, 4) is 11.5 Å². The van der Waals surface area contributed by atoms with Crippen LogP contribution in [0, 0.1) is 19.7 Å². The monoisotopic (exact) mass is 274 g/mol.